The standard InChI is InChI=1S/C18H19NO4/c1-2-23-15-10-8-13(9-11-15)16(12-17(20)21)19-18(22)14-6-4-3-5-7-14/h3-11,16H,2,12H2,1H3,(H,19,22)(H,20,21)/p-1/t16-/m1/s1. The third-order valence-corrected chi connectivity index (χ3v) is 3.31. The SMILES string of the molecule is CCOc1ccc([C@@H](CC(=O)[O-])NC(=O)c2ccccc2)cc1. The zero-order chi connectivity index (χ0) is 16.7. The lowest BCUT2D eigenvalue weighted by molar-refractivity contribution is -0.306. The van der Waals surface area contributed by atoms with Crippen molar-refractivity contribution in [3.63, 3.8) is 0 Å². The number of benzene rings is 2. The maximum Gasteiger partial charge on any atom is 0.251 e. The zero-order valence-corrected chi connectivity index (χ0v) is 12.8. The van der Waals surface area contributed by atoms with Crippen LogP contribution in [0.1, 0.15) is 35.3 Å². The van der Waals surface area contributed by atoms with Crippen LogP contribution in [0.15, 0.2) is 54.6 Å². The summed E-state index contributed by atoms with van der Waals surface area (Å²) in [4.78, 5) is 23.2. The van der Waals surface area contributed by atoms with Crippen LogP contribution in [0.25, 0.3) is 0 Å². The van der Waals surface area contributed by atoms with Crippen molar-refractivity contribution in [2.75, 3.05) is 6.61 Å². The molecule has 0 aliphatic carbocycles. The van der Waals surface area contributed by atoms with Crippen LogP contribution in [0.3, 0.4) is 0 Å². The molecule has 1 atom stereocenters. The Bertz CT molecular complexity index is 652. The Labute approximate surface area is 134 Å². The van der Waals surface area contributed by atoms with Crippen LogP contribution in [0.2, 0.25) is 0 Å². The molecule has 0 aromatic heterocycles. The quantitative estimate of drug-likeness (QED) is 0.844. The summed E-state index contributed by atoms with van der Waals surface area (Å²) in [7, 11) is 0. The third kappa shape index (κ3) is 4.85. The van der Waals surface area contributed by atoms with Gasteiger partial charge in [0, 0.05) is 18.0 Å². The molecule has 0 radical (unpaired) electrons. The minimum atomic E-state index is -1.22. The number of carboxylic acid groups (broad SMARTS) is 1. The number of carbonyl (C=O) groups excluding carboxylic acids is 2. The lowest BCUT2D eigenvalue weighted by Gasteiger charge is -2.20. The van der Waals surface area contributed by atoms with Crippen LogP contribution in [0.5, 0.6) is 5.75 Å². The molecule has 23 heavy (non-hydrogen) atoms. The van der Waals surface area contributed by atoms with Crippen molar-refractivity contribution in [1.82, 2.24) is 5.32 Å². The molecule has 1 N–H and O–H groups in total. The average Bonchev–Trinajstić information content (AvgIpc) is 2.55. The van der Waals surface area contributed by atoms with E-state index in [1.54, 1.807) is 48.5 Å². The fourth-order valence-corrected chi connectivity index (χ4v) is 2.21. The van der Waals surface area contributed by atoms with Crippen LogP contribution < -0.4 is 15.2 Å². The van der Waals surface area contributed by atoms with E-state index >= 15 is 0 Å². The fraction of sp³-hybridized carbons (Fsp3) is 0.222. The molecule has 0 bridgehead atoms. The van der Waals surface area contributed by atoms with E-state index in [1.165, 1.54) is 0 Å². The molecule has 5 nitrogen and oxygen atoms in total. The Morgan fingerprint density at radius 1 is 1.09 bits per heavy atom. The van der Waals surface area contributed by atoms with Gasteiger partial charge in [-0.2, -0.15) is 0 Å². The number of hydrogen-bond acceptors (Lipinski definition) is 4. The fourth-order valence-electron chi connectivity index (χ4n) is 2.21. The first-order chi connectivity index (χ1) is 11.1. The first kappa shape index (κ1) is 16.5. The van der Waals surface area contributed by atoms with Gasteiger partial charge in [-0.15, -0.1) is 0 Å². The number of ether oxygens (including phenoxy) is 1. The molecule has 0 fully saturated rings. The van der Waals surface area contributed by atoms with Gasteiger partial charge in [0.05, 0.1) is 12.6 Å². The summed E-state index contributed by atoms with van der Waals surface area (Å²) in [5.74, 6) is -0.860. The highest BCUT2D eigenvalue weighted by Gasteiger charge is 2.16. The Hall–Kier alpha value is -2.82. The van der Waals surface area contributed by atoms with Crippen molar-refractivity contribution in [2.24, 2.45) is 0 Å². The molecule has 2 rings (SSSR count). The van der Waals surface area contributed by atoms with Gasteiger partial charge < -0.3 is 20.0 Å². The second-order valence-electron chi connectivity index (χ2n) is 4.97. The van der Waals surface area contributed by atoms with Gasteiger partial charge in [0.25, 0.3) is 5.91 Å². The summed E-state index contributed by atoms with van der Waals surface area (Å²) < 4.78 is 5.36. The molecular formula is C18H18NO4-. The van der Waals surface area contributed by atoms with E-state index in [0.29, 0.717) is 23.5 Å². The van der Waals surface area contributed by atoms with Crippen molar-refractivity contribution >= 4 is 11.9 Å². The van der Waals surface area contributed by atoms with E-state index in [4.69, 9.17) is 4.74 Å². The van der Waals surface area contributed by atoms with Crippen molar-refractivity contribution in [2.45, 2.75) is 19.4 Å². The Morgan fingerprint density at radius 3 is 2.30 bits per heavy atom. The monoisotopic (exact) mass is 312 g/mol. The lowest BCUT2D eigenvalue weighted by Crippen LogP contribution is -2.34. The normalized spacial score (nSPS) is 11.5. The number of carboxylic acids is 1. The molecule has 120 valence electrons. The number of nitrogens with one attached hydrogen (secondary N) is 1. The van der Waals surface area contributed by atoms with Gasteiger partial charge in [-0.05, 0) is 36.8 Å². The van der Waals surface area contributed by atoms with Crippen molar-refractivity contribution < 1.29 is 19.4 Å². The van der Waals surface area contributed by atoms with E-state index in [1.807, 2.05) is 13.0 Å². The summed E-state index contributed by atoms with van der Waals surface area (Å²) in [6.45, 7) is 2.43. The van der Waals surface area contributed by atoms with Gasteiger partial charge in [-0.3, -0.25) is 4.79 Å². The Balaban J connectivity index is 2.16. The molecule has 0 saturated heterocycles. The molecule has 1 amide bonds. The predicted molar refractivity (Wildman–Crippen MR) is 83.9 cm³/mol. The van der Waals surface area contributed by atoms with E-state index in [0.717, 1.165) is 0 Å². The molecule has 0 aliphatic heterocycles. The van der Waals surface area contributed by atoms with Gasteiger partial charge in [0.15, 0.2) is 0 Å². The largest absolute Gasteiger partial charge is 0.550 e. The molecular weight excluding hydrogens is 294 g/mol. The maximum atomic E-state index is 12.2. The third-order valence-electron chi connectivity index (χ3n) is 3.31. The smallest absolute Gasteiger partial charge is 0.251 e. The first-order valence-corrected chi connectivity index (χ1v) is 7.38. The minimum absolute atomic E-state index is 0.299. The Kier molecular flexibility index (Phi) is 5.74. The molecule has 2 aromatic rings. The van der Waals surface area contributed by atoms with Crippen LogP contribution >= 0.6 is 0 Å². The second kappa shape index (κ2) is 7.98. The highest BCUT2D eigenvalue weighted by molar-refractivity contribution is 5.94. The lowest BCUT2D eigenvalue weighted by atomic mass is 10.0. The molecule has 0 saturated carbocycles. The summed E-state index contributed by atoms with van der Waals surface area (Å²) >= 11 is 0. The van der Waals surface area contributed by atoms with Crippen LogP contribution in [0, 0.1) is 0 Å². The van der Waals surface area contributed by atoms with Gasteiger partial charge in [-0.1, -0.05) is 30.3 Å². The molecule has 0 spiro atoms. The Morgan fingerprint density at radius 2 is 1.74 bits per heavy atom. The summed E-state index contributed by atoms with van der Waals surface area (Å²) in [6.07, 6.45) is -0.299. The zero-order valence-electron chi connectivity index (χ0n) is 12.8. The number of hydrogen-bond donors (Lipinski definition) is 1. The van der Waals surface area contributed by atoms with Gasteiger partial charge in [-0.25, -0.2) is 0 Å². The summed E-state index contributed by atoms with van der Waals surface area (Å²) in [5, 5.41) is 13.7. The first-order valence-electron chi connectivity index (χ1n) is 7.38. The maximum absolute atomic E-state index is 12.2. The number of rotatable bonds is 7. The van der Waals surface area contributed by atoms with Crippen LogP contribution in [0.4, 0.5) is 0 Å². The molecule has 0 heterocycles. The molecule has 2 aromatic carbocycles. The number of carbonyl (C=O) groups is 2. The molecule has 0 unspecified atom stereocenters. The van der Waals surface area contributed by atoms with E-state index in [2.05, 4.69) is 5.32 Å². The van der Waals surface area contributed by atoms with Crippen molar-refractivity contribution in [1.29, 1.82) is 0 Å². The van der Waals surface area contributed by atoms with E-state index in [9.17, 15) is 14.7 Å². The van der Waals surface area contributed by atoms with Gasteiger partial charge in [0.2, 0.25) is 0 Å². The van der Waals surface area contributed by atoms with Crippen LogP contribution in [-0.4, -0.2) is 18.5 Å². The van der Waals surface area contributed by atoms with Gasteiger partial charge in [0.1, 0.15) is 5.75 Å². The van der Waals surface area contributed by atoms with E-state index in [-0.39, 0.29) is 12.3 Å². The second-order valence-corrected chi connectivity index (χ2v) is 4.97. The summed E-state index contributed by atoms with van der Waals surface area (Å²) in [5.41, 5.74) is 1.16. The van der Waals surface area contributed by atoms with Crippen molar-refractivity contribution in [3.05, 3.63) is 65.7 Å². The molecule has 5 heteroatoms. The minimum Gasteiger partial charge on any atom is -0.550 e. The summed E-state index contributed by atoms with van der Waals surface area (Å²) in [6, 6.07) is 15.0. The molecule has 0 aliphatic rings. The topological polar surface area (TPSA) is 78.5 Å². The van der Waals surface area contributed by atoms with Gasteiger partial charge >= 0.3 is 0 Å². The highest BCUT2D eigenvalue weighted by Crippen LogP contribution is 2.21. The van der Waals surface area contributed by atoms with E-state index < -0.39 is 12.0 Å². The number of amides is 1. The predicted octanol–water partition coefficient (Wildman–Crippen LogP) is 1.70. The highest BCUT2D eigenvalue weighted by atomic mass is 16.5. The van der Waals surface area contributed by atoms with Crippen LogP contribution in [-0.2, 0) is 4.79 Å². The van der Waals surface area contributed by atoms with Crippen molar-refractivity contribution in [3.8, 4) is 5.75 Å². The number of aliphatic carboxylic acids is 1. The average molecular weight is 312 g/mol.